The molecule has 1 saturated carbocycles. The molecule has 0 unspecified atom stereocenters. The van der Waals surface area contributed by atoms with Gasteiger partial charge in [0.25, 0.3) is 0 Å². The molecule has 0 bridgehead atoms. The molecule has 6 N–H and O–H groups in total. The van der Waals surface area contributed by atoms with Crippen LogP contribution in [0.25, 0.3) is 22.6 Å². The number of Topliss-reactive ketones (excluding diaryl/α,β-unsaturated/α-hetero) is 1. The number of nitrogens with two attached hydrogens (primary N) is 2. The van der Waals surface area contributed by atoms with E-state index in [2.05, 4.69) is 65.2 Å². The van der Waals surface area contributed by atoms with Crippen LogP contribution in [0.5, 0.6) is 0 Å². The molecule has 8 aromatic rings. The summed E-state index contributed by atoms with van der Waals surface area (Å²) >= 11 is 30.0. The van der Waals surface area contributed by atoms with Crippen LogP contribution in [0.15, 0.2) is 49.1 Å². The van der Waals surface area contributed by atoms with Gasteiger partial charge < -0.3 is 59.8 Å². The summed E-state index contributed by atoms with van der Waals surface area (Å²) in [7, 11) is 0. The summed E-state index contributed by atoms with van der Waals surface area (Å²) in [5, 5.41) is 30.2. The Morgan fingerprint density at radius 3 is 1.26 bits per heavy atom. The second kappa shape index (κ2) is 43.4. The van der Waals surface area contributed by atoms with Crippen molar-refractivity contribution >= 4 is 134 Å². The number of rotatable bonds is 21. The number of anilines is 3. The normalized spacial score (nSPS) is 15.7. The highest BCUT2D eigenvalue weighted by Gasteiger charge is 2.32. The maximum atomic E-state index is 13.1. The zero-order valence-corrected chi connectivity index (χ0v) is 68.2. The number of halogens is 5. The van der Waals surface area contributed by atoms with E-state index in [4.69, 9.17) is 107 Å². The third kappa shape index (κ3) is 27.3. The molecule has 1 aliphatic carbocycles. The summed E-state index contributed by atoms with van der Waals surface area (Å²) in [5.74, 6) is -0.988. The number of fused-ring (bicyclic) bond motifs is 4. The van der Waals surface area contributed by atoms with Crippen molar-refractivity contribution in [3.05, 3.63) is 97.1 Å². The SMILES string of the molecule is CC(=O)c1cnn2c(Cl)cc(Cl)nc12.CC(C)(C)OC(=O)N(CCN1CCOCC1)c1cc(Cl)nc2c(C(=O)O)cnn12.CCOC(=O)c1cnn2c(N(CCN3CCOCC3)C(=O)OC(C)(C)C)cc(Cl)nc12.CCOC(=O)c1cnn2c(NCCN3CCOCC3)cc(Cl)nc12.NC1CC1.NCCCN1CCOCC1. The molecule has 4 saturated heterocycles. The van der Waals surface area contributed by atoms with Crippen molar-refractivity contribution in [3.63, 3.8) is 0 Å². The second-order valence-electron chi connectivity index (χ2n) is 27.7. The van der Waals surface area contributed by atoms with E-state index in [1.54, 1.807) is 66.0 Å². The van der Waals surface area contributed by atoms with Gasteiger partial charge in [-0.05, 0) is 94.7 Å². The molecule has 36 nitrogen and oxygen atoms in total. The standard InChI is InChI=1S/C20H28ClN5O5.C18H24ClN5O5.C15H20ClN5O3.C8H5Cl2N3O.C7H16N2O.C3H7N/c1-5-30-18(27)14-13-22-26-16(12-15(21)23-17(14)26)25(19(28)31-20(2,3)4)7-6-24-8-10-29-11-9-24;1-18(2,3)29-17(27)23(5-4-22-6-8-28-9-7-22)14-10-13(19)21-15-12(16(25)26)11-20-24(14)15;1-2-24-15(22)11-10-18-21-13(9-12(16)19-14(11)21)17-3-4-20-5-7-23-8-6-20;1-4(14)5-3-11-13-7(10)2-6(9)12-8(5)13;8-2-1-3-9-4-6-10-7-5-9;4-3-1-2-3/h12-13H,5-11H2,1-4H3;10-11H,4-9H2,1-3H3,(H,25,26);9-10,17H,2-8H2,1H3;2-3H,1H3;1-8H2;3H,1-2,4H2. The minimum Gasteiger partial charge on any atom is -0.477 e. The number of amides is 2. The summed E-state index contributed by atoms with van der Waals surface area (Å²) in [6, 6.07) is 6.74. The molecule has 4 aliphatic heterocycles. The molecule has 8 aromatic heterocycles. The highest BCUT2D eigenvalue weighted by Crippen LogP contribution is 2.28. The molecule has 5 aliphatic rings. The molecule has 13 rings (SSSR count). The van der Waals surface area contributed by atoms with Gasteiger partial charge in [-0.1, -0.05) is 58.0 Å². The van der Waals surface area contributed by atoms with E-state index in [1.165, 1.54) is 86.1 Å². The van der Waals surface area contributed by atoms with Gasteiger partial charge in [0, 0.05) is 122 Å². The number of carboxylic acids is 1. The van der Waals surface area contributed by atoms with Crippen LogP contribution in [0.2, 0.25) is 25.8 Å². The number of ketones is 1. The Hall–Kier alpha value is -8.05. The zero-order chi connectivity index (χ0) is 81.2. The lowest BCUT2D eigenvalue weighted by Crippen LogP contribution is -2.45. The molecule has 614 valence electrons. The highest BCUT2D eigenvalue weighted by molar-refractivity contribution is 6.33. The third-order valence-corrected chi connectivity index (χ3v) is 17.8. The van der Waals surface area contributed by atoms with Crippen LogP contribution >= 0.6 is 58.0 Å². The van der Waals surface area contributed by atoms with Gasteiger partial charge in [-0.15, -0.1) is 0 Å². The molecule has 12 heterocycles. The maximum absolute atomic E-state index is 13.1. The fraction of sp³-hybridized carbons (Fsp3) is 0.577. The number of morpholine rings is 4. The first-order chi connectivity index (χ1) is 53.4. The van der Waals surface area contributed by atoms with Crippen LogP contribution in [0, 0.1) is 0 Å². The first-order valence-corrected chi connectivity index (χ1v) is 38.7. The number of carbonyl (C=O) groups excluding carboxylic acids is 5. The Morgan fingerprint density at radius 1 is 0.518 bits per heavy atom. The van der Waals surface area contributed by atoms with Gasteiger partial charge in [0.2, 0.25) is 0 Å². The van der Waals surface area contributed by atoms with Crippen LogP contribution < -0.4 is 26.6 Å². The quantitative estimate of drug-likeness (QED) is 0.0228. The predicted octanol–water partition coefficient (Wildman–Crippen LogP) is 8.10. The number of carboxylic acid groups (broad SMARTS) is 1. The van der Waals surface area contributed by atoms with Gasteiger partial charge in [-0.25, -0.2) is 48.4 Å². The van der Waals surface area contributed by atoms with Gasteiger partial charge >= 0.3 is 30.1 Å². The number of nitrogens with zero attached hydrogens (tertiary/aromatic N) is 18. The Labute approximate surface area is 673 Å². The highest BCUT2D eigenvalue weighted by atomic mass is 35.5. The largest absolute Gasteiger partial charge is 0.477 e. The van der Waals surface area contributed by atoms with Crippen molar-refractivity contribution in [2.45, 2.75) is 98.8 Å². The second-order valence-corrected chi connectivity index (χ2v) is 29.6. The average molecular weight is 1660 g/mol. The van der Waals surface area contributed by atoms with E-state index in [0.717, 1.165) is 111 Å². The summed E-state index contributed by atoms with van der Waals surface area (Å²) in [5.41, 5.74) is 11.0. The van der Waals surface area contributed by atoms with Gasteiger partial charge in [-0.3, -0.25) is 34.2 Å². The summed E-state index contributed by atoms with van der Waals surface area (Å²) < 4.78 is 48.2. The number of ether oxygens (including phenoxy) is 8. The summed E-state index contributed by atoms with van der Waals surface area (Å²) in [6.07, 6.45) is 7.92. The van der Waals surface area contributed by atoms with Gasteiger partial charge in [0.15, 0.2) is 28.4 Å². The first kappa shape index (κ1) is 89.5. The van der Waals surface area contributed by atoms with Crippen molar-refractivity contribution < 1.29 is 71.8 Å². The number of hydrogen-bond donors (Lipinski definition) is 4. The molecule has 0 radical (unpaired) electrons. The van der Waals surface area contributed by atoms with E-state index < -0.39 is 41.3 Å². The number of nitrogens with one attached hydrogen (secondary N) is 1. The van der Waals surface area contributed by atoms with Crippen molar-refractivity contribution in [1.82, 2.24) is 78.0 Å². The Morgan fingerprint density at radius 2 is 0.866 bits per heavy atom. The van der Waals surface area contributed by atoms with E-state index in [-0.39, 0.29) is 56.1 Å². The van der Waals surface area contributed by atoms with Gasteiger partial charge in [0.05, 0.1) is 96.4 Å². The van der Waals surface area contributed by atoms with Crippen LogP contribution in [0.3, 0.4) is 0 Å². The number of carbonyl (C=O) groups is 6. The molecule has 5 fully saturated rings. The third-order valence-electron chi connectivity index (χ3n) is 16.8. The molecular formula is C71H100Cl5N21O15. The van der Waals surface area contributed by atoms with Crippen LogP contribution in [0.4, 0.5) is 27.0 Å². The van der Waals surface area contributed by atoms with E-state index in [9.17, 15) is 33.9 Å². The fourth-order valence-corrected chi connectivity index (χ4v) is 12.1. The Bertz CT molecular complexity index is 4410. The molecule has 0 spiro atoms. The number of aromatic carboxylic acids is 1. The summed E-state index contributed by atoms with van der Waals surface area (Å²) in [6.45, 7) is 34.5. The predicted molar refractivity (Wildman–Crippen MR) is 421 cm³/mol. The van der Waals surface area contributed by atoms with Crippen molar-refractivity contribution in [1.29, 1.82) is 0 Å². The molecule has 112 heavy (non-hydrogen) atoms. The zero-order valence-electron chi connectivity index (χ0n) is 64.5. The van der Waals surface area contributed by atoms with E-state index >= 15 is 0 Å². The Kier molecular flexibility index (Phi) is 34.7. The molecule has 0 atom stereocenters. The number of hydrogen-bond acceptors (Lipinski definition) is 29. The minimum absolute atomic E-state index is 0.0513. The van der Waals surface area contributed by atoms with Gasteiger partial charge in [-0.2, -0.15) is 33.9 Å². The lowest BCUT2D eigenvalue weighted by molar-refractivity contribution is 0.0371. The fourth-order valence-electron chi connectivity index (χ4n) is 11.1. The Balaban J connectivity index is 0.000000180. The van der Waals surface area contributed by atoms with Crippen LogP contribution in [-0.4, -0.2) is 307 Å². The molecule has 0 aromatic carbocycles. The lowest BCUT2D eigenvalue weighted by Gasteiger charge is -2.31. The maximum Gasteiger partial charge on any atom is 0.416 e. The van der Waals surface area contributed by atoms with Crippen LogP contribution in [0.1, 0.15) is 123 Å². The summed E-state index contributed by atoms with van der Waals surface area (Å²) in [4.78, 5) is 101. The molecule has 2 amide bonds. The van der Waals surface area contributed by atoms with E-state index in [1.807, 2.05) is 0 Å². The minimum atomic E-state index is -1.18. The van der Waals surface area contributed by atoms with Crippen molar-refractivity contribution in [3.8, 4) is 0 Å². The smallest absolute Gasteiger partial charge is 0.416 e. The number of aromatic nitrogens is 12. The van der Waals surface area contributed by atoms with Gasteiger partial charge in [0.1, 0.15) is 71.1 Å². The lowest BCUT2D eigenvalue weighted by atomic mass is 10.2. The monoisotopic (exact) mass is 1660 g/mol. The van der Waals surface area contributed by atoms with Crippen molar-refractivity contribution in [2.24, 2.45) is 11.5 Å². The molecular weight excluding hydrogens is 1560 g/mol. The molecule has 41 heteroatoms. The van der Waals surface area contributed by atoms with Crippen LogP contribution in [-0.2, 0) is 37.9 Å². The van der Waals surface area contributed by atoms with E-state index in [0.29, 0.717) is 110 Å². The number of esters is 2. The van der Waals surface area contributed by atoms with Crippen molar-refractivity contribution in [2.75, 3.05) is 186 Å². The first-order valence-electron chi connectivity index (χ1n) is 36.8. The average Bonchev–Trinajstić information content (AvgIpc) is 1.65. The topological polar surface area (TPSA) is 401 Å².